The zero-order valence-electron chi connectivity index (χ0n) is 14.5. The Hall–Kier alpha value is -3.66. The van der Waals surface area contributed by atoms with E-state index < -0.39 is 27.1 Å². The minimum Gasteiger partial charge on any atom is -0.322 e. The summed E-state index contributed by atoms with van der Waals surface area (Å²) in [5.41, 5.74) is -0.695. The SMILES string of the molecule is CN(C)CC(=O)c1cccc(NC(=O)c2cc([N+](=O)[O-])cc([N+](=O)[O-])c2)c1. The lowest BCUT2D eigenvalue weighted by atomic mass is 10.1. The van der Waals surface area contributed by atoms with Gasteiger partial charge in [0.25, 0.3) is 17.3 Å². The van der Waals surface area contributed by atoms with Crippen molar-refractivity contribution >= 4 is 28.8 Å². The lowest BCUT2D eigenvalue weighted by Crippen LogP contribution is -2.21. The molecule has 0 aliphatic carbocycles. The summed E-state index contributed by atoms with van der Waals surface area (Å²) in [5.74, 6) is -0.916. The number of benzene rings is 2. The van der Waals surface area contributed by atoms with Gasteiger partial charge < -0.3 is 10.2 Å². The van der Waals surface area contributed by atoms with Crippen LogP contribution in [0.4, 0.5) is 17.1 Å². The quantitative estimate of drug-likeness (QED) is 0.448. The number of rotatable bonds is 7. The molecule has 1 amide bonds. The van der Waals surface area contributed by atoms with Crippen LogP contribution in [0, 0.1) is 20.2 Å². The van der Waals surface area contributed by atoms with E-state index in [-0.39, 0.29) is 17.9 Å². The number of nitro benzene ring substituents is 2. The second-order valence-electron chi connectivity index (χ2n) is 5.95. The molecule has 0 saturated carbocycles. The first-order chi connectivity index (χ1) is 12.7. The van der Waals surface area contributed by atoms with Crippen molar-refractivity contribution in [2.75, 3.05) is 26.0 Å². The minimum atomic E-state index is -0.815. The van der Waals surface area contributed by atoms with Gasteiger partial charge in [0.15, 0.2) is 5.78 Å². The third-order valence-corrected chi connectivity index (χ3v) is 3.49. The van der Waals surface area contributed by atoms with Crippen LogP contribution in [-0.4, -0.2) is 47.1 Å². The molecule has 0 bridgehead atoms. The first-order valence-corrected chi connectivity index (χ1v) is 7.70. The Morgan fingerprint density at radius 2 is 1.56 bits per heavy atom. The first kappa shape index (κ1) is 19.7. The highest BCUT2D eigenvalue weighted by Crippen LogP contribution is 2.23. The second kappa shape index (κ2) is 8.15. The number of hydrogen-bond acceptors (Lipinski definition) is 7. The molecule has 10 nitrogen and oxygen atoms in total. The van der Waals surface area contributed by atoms with Crippen LogP contribution in [0.2, 0.25) is 0 Å². The maximum Gasteiger partial charge on any atom is 0.277 e. The molecule has 140 valence electrons. The molecule has 2 aromatic carbocycles. The van der Waals surface area contributed by atoms with Crippen molar-refractivity contribution in [3.63, 3.8) is 0 Å². The molecule has 0 saturated heterocycles. The highest BCUT2D eigenvalue weighted by molar-refractivity contribution is 6.06. The standard InChI is InChI=1S/C17H16N4O6/c1-19(2)10-16(22)11-4-3-5-13(6-11)18-17(23)12-7-14(20(24)25)9-15(8-12)21(26)27/h3-9H,10H2,1-2H3,(H,18,23). The summed E-state index contributed by atoms with van der Waals surface area (Å²) in [4.78, 5) is 46.4. The summed E-state index contributed by atoms with van der Waals surface area (Å²) >= 11 is 0. The predicted octanol–water partition coefficient (Wildman–Crippen LogP) is 2.50. The highest BCUT2D eigenvalue weighted by Gasteiger charge is 2.20. The number of ketones is 1. The fourth-order valence-corrected chi connectivity index (χ4v) is 2.29. The number of hydrogen-bond donors (Lipinski definition) is 1. The largest absolute Gasteiger partial charge is 0.322 e. The lowest BCUT2D eigenvalue weighted by Gasteiger charge is -2.10. The summed E-state index contributed by atoms with van der Waals surface area (Å²) in [7, 11) is 3.50. The van der Waals surface area contributed by atoms with Gasteiger partial charge in [-0.25, -0.2) is 0 Å². The molecule has 0 heterocycles. The fourth-order valence-electron chi connectivity index (χ4n) is 2.29. The van der Waals surface area contributed by atoms with Gasteiger partial charge in [0, 0.05) is 23.4 Å². The van der Waals surface area contributed by atoms with Crippen LogP contribution in [0.3, 0.4) is 0 Å². The van der Waals surface area contributed by atoms with Crippen LogP contribution < -0.4 is 5.32 Å². The van der Waals surface area contributed by atoms with Crippen LogP contribution in [0.15, 0.2) is 42.5 Å². The first-order valence-electron chi connectivity index (χ1n) is 7.70. The monoisotopic (exact) mass is 372 g/mol. The molecule has 0 radical (unpaired) electrons. The van der Waals surface area contributed by atoms with Crippen molar-refractivity contribution in [2.24, 2.45) is 0 Å². The van der Waals surface area contributed by atoms with Gasteiger partial charge in [-0.2, -0.15) is 0 Å². The third kappa shape index (κ3) is 5.16. The van der Waals surface area contributed by atoms with Gasteiger partial charge in [-0.05, 0) is 26.2 Å². The fraction of sp³-hybridized carbons (Fsp3) is 0.176. The number of nitrogens with zero attached hydrogens (tertiary/aromatic N) is 3. The summed E-state index contributed by atoms with van der Waals surface area (Å²) in [6.45, 7) is 0.189. The van der Waals surface area contributed by atoms with E-state index in [4.69, 9.17) is 0 Å². The molecule has 0 spiro atoms. The number of non-ortho nitro benzene ring substituents is 2. The van der Waals surface area contributed by atoms with E-state index >= 15 is 0 Å². The van der Waals surface area contributed by atoms with E-state index in [0.29, 0.717) is 11.3 Å². The maximum atomic E-state index is 12.4. The van der Waals surface area contributed by atoms with Crippen LogP contribution in [-0.2, 0) is 0 Å². The molecule has 0 aliphatic rings. The molecular formula is C17H16N4O6. The van der Waals surface area contributed by atoms with Gasteiger partial charge >= 0.3 is 0 Å². The summed E-state index contributed by atoms with van der Waals surface area (Å²) < 4.78 is 0. The Bertz CT molecular complexity index is 893. The van der Waals surface area contributed by atoms with Gasteiger partial charge in [-0.15, -0.1) is 0 Å². The molecule has 0 aliphatic heterocycles. The summed E-state index contributed by atoms with van der Waals surface area (Å²) in [6.07, 6.45) is 0. The maximum absolute atomic E-state index is 12.4. The molecule has 10 heteroatoms. The topological polar surface area (TPSA) is 136 Å². The number of amides is 1. The molecule has 0 atom stereocenters. The molecule has 2 rings (SSSR count). The van der Waals surface area contributed by atoms with Crippen molar-refractivity contribution < 1.29 is 19.4 Å². The third-order valence-electron chi connectivity index (χ3n) is 3.49. The van der Waals surface area contributed by atoms with Gasteiger partial charge in [-0.1, -0.05) is 12.1 Å². The van der Waals surface area contributed by atoms with Gasteiger partial charge in [0.2, 0.25) is 0 Å². The van der Waals surface area contributed by atoms with E-state index in [0.717, 1.165) is 18.2 Å². The van der Waals surface area contributed by atoms with Gasteiger partial charge in [-0.3, -0.25) is 29.8 Å². The minimum absolute atomic E-state index is 0.151. The molecule has 27 heavy (non-hydrogen) atoms. The number of anilines is 1. The van der Waals surface area contributed by atoms with Crippen molar-refractivity contribution in [1.82, 2.24) is 4.90 Å². The Kier molecular flexibility index (Phi) is 5.93. The second-order valence-corrected chi connectivity index (χ2v) is 5.95. The molecular weight excluding hydrogens is 356 g/mol. The number of nitro groups is 2. The van der Waals surface area contributed by atoms with Gasteiger partial charge in [0.05, 0.1) is 28.0 Å². The Labute approximate surface area is 153 Å². The molecule has 0 fully saturated rings. The van der Waals surface area contributed by atoms with Crippen LogP contribution in [0.25, 0.3) is 0 Å². The Balaban J connectivity index is 2.28. The molecule has 0 unspecified atom stereocenters. The van der Waals surface area contributed by atoms with Crippen LogP contribution >= 0.6 is 0 Å². The van der Waals surface area contributed by atoms with E-state index in [1.165, 1.54) is 12.1 Å². The van der Waals surface area contributed by atoms with E-state index in [1.807, 2.05) is 0 Å². The number of nitrogens with one attached hydrogen (secondary N) is 1. The van der Waals surface area contributed by atoms with Crippen molar-refractivity contribution in [3.8, 4) is 0 Å². The Morgan fingerprint density at radius 3 is 2.07 bits per heavy atom. The van der Waals surface area contributed by atoms with E-state index in [9.17, 15) is 29.8 Å². The van der Waals surface area contributed by atoms with Gasteiger partial charge in [0.1, 0.15) is 0 Å². The van der Waals surface area contributed by atoms with Crippen molar-refractivity contribution in [3.05, 3.63) is 73.8 Å². The van der Waals surface area contributed by atoms with Crippen molar-refractivity contribution in [1.29, 1.82) is 0 Å². The molecule has 0 aromatic heterocycles. The molecule has 2 aromatic rings. The summed E-state index contributed by atoms with van der Waals surface area (Å²) in [5, 5.41) is 24.3. The zero-order chi connectivity index (χ0) is 20.1. The van der Waals surface area contributed by atoms with E-state index in [2.05, 4.69) is 5.32 Å². The number of carbonyl (C=O) groups is 2. The van der Waals surface area contributed by atoms with Crippen LogP contribution in [0.1, 0.15) is 20.7 Å². The summed E-state index contributed by atoms with van der Waals surface area (Å²) in [6, 6.07) is 8.85. The Morgan fingerprint density at radius 1 is 0.963 bits per heavy atom. The average molecular weight is 372 g/mol. The van der Waals surface area contributed by atoms with E-state index in [1.54, 1.807) is 31.1 Å². The normalized spacial score (nSPS) is 10.5. The highest BCUT2D eigenvalue weighted by atomic mass is 16.6. The van der Waals surface area contributed by atoms with Crippen molar-refractivity contribution in [2.45, 2.75) is 0 Å². The lowest BCUT2D eigenvalue weighted by molar-refractivity contribution is -0.394. The number of Topliss-reactive ketones (excluding diaryl/α,β-unsaturated/α-hetero) is 1. The number of carbonyl (C=O) groups excluding carboxylic acids is 2. The smallest absolute Gasteiger partial charge is 0.277 e. The molecule has 1 N–H and O–H groups in total. The van der Waals surface area contributed by atoms with Crippen LogP contribution in [0.5, 0.6) is 0 Å². The predicted molar refractivity (Wildman–Crippen MR) is 97.0 cm³/mol. The number of likely N-dealkylation sites (N-methyl/N-ethyl adjacent to an activating group) is 1. The zero-order valence-corrected chi connectivity index (χ0v) is 14.5. The average Bonchev–Trinajstić information content (AvgIpc) is 2.60.